The number of thiophene rings is 1. The number of carbonyl (C=O) groups is 2. The van der Waals surface area contributed by atoms with E-state index in [1.54, 1.807) is 18.2 Å². The van der Waals surface area contributed by atoms with Crippen LogP contribution in [0, 0.1) is 0 Å². The molecule has 9 nitrogen and oxygen atoms in total. The van der Waals surface area contributed by atoms with Gasteiger partial charge in [-0.15, -0.1) is 11.3 Å². The van der Waals surface area contributed by atoms with Crippen molar-refractivity contribution < 1.29 is 18.7 Å². The van der Waals surface area contributed by atoms with Gasteiger partial charge in [-0.1, -0.05) is 24.3 Å². The molecule has 0 saturated carbocycles. The van der Waals surface area contributed by atoms with Crippen molar-refractivity contribution in [3.05, 3.63) is 69.8 Å². The van der Waals surface area contributed by atoms with E-state index < -0.39 is 24.0 Å². The molecule has 0 aliphatic heterocycles. The first-order chi connectivity index (χ1) is 14.0. The normalized spacial score (nSPS) is 10.9. The predicted octanol–water partition coefficient (Wildman–Crippen LogP) is 1.96. The zero-order chi connectivity index (χ0) is 20.4. The number of hydrogen-bond donors (Lipinski definition) is 1. The van der Waals surface area contributed by atoms with Gasteiger partial charge in [0.2, 0.25) is 5.89 Å². The summed E-state index contributed by atoms with van der Waals surface area (Å²) in [6, 6.07) is 10.2. The van der Waals surface area contributed by atoms with Gasteiger partial charge in [-0.25, -0.2) is 9.67 Å². The highest BCUT2D eigenvalue weighted by Gasteiger charge is 2.17. The van der Waals surface area contributed by atoms with Crippen LogP contribution in [0.15, 0.2) is 57.3 Å². The number of oxazole rings is 1. The minimum Gasteiger partial charge on any atom is -0.458 e. The van der Waals surface area contributed by atoms with Crippen LogP contribution < -0.4 is 11.3 Å². The number of amides is 1. The summed E-state index contributed by atoms with van der Waals surface area (Å²) in [7, 11) is 0. The summed E-state index contributed by atoms with van der Waals surface area (Å²) in [6.07, 6.45) is 1.40. The quantitative estimate of drug-likeness (QED) is 0.481. The Morgan fingerprint density at radius 1 is 1.17 bits per heavy atom. The fraction of sp³-hybridized carbons (Fsp3) is 0.105. The molecule has 4 aromatic rings. The number of nitrogens with two attached hydrogens (primary N) is 1. The third-order valence-electron chi connectivity index (χ3n) is 4.04. The summed E-state index contributed by atoms with van der Waals surface area (Å²) < 4.78 is 11.4. The summed E-state index contributed by atoms with van der Waals surface area (Å²) in [4.78, 5) is 41.5. The zero-order valence-corrected chi connectivity index (χ0v) is 15.7. The average Bonchev–Trinajstić information content (AvgIpc) is 3.40. The maximum absolute atomic E-state index is 12.6. The Kier molecular flexibility index (Phi) is 4.92. The van der Waals surface area contributed by atoms with Crippen LogP contribution in [0.4, 0.5) is 0 Å². The van der Waals surface area contributed by atoms with Crippen LogP contribution in [0.2, 0.25) is 0 Å². The first-order valence-corrected chi connectivity index (χ1v) is 9.34. The van der Waals surface area contributed by atoms with Gasteiger partial charge >= 0.3 is 5.97 Å². The van der Waals surface area contributed by atoms with Crippen molar-refractivity contribution in [1.29, 1.82) is 0 Å². The first kappa shape index (κ1) is 18.6. The van der Waals surface area contributed by atoms with Crippen LogP contribution in [0.1, 0.15) is 16.2 Å². The molecule has 0 unspecified atom stereocenters. The molecule has 2 N–H and O–H groups in total. The summed E-state index contributed by atoms with van der Waals surface area (Å²) in [5, 5.41) is 6.39. The smallest absolute Gasteiger partial charge is 0.328 e. The van der Waals surface area contributed by atoms with Crippen molar-refractivity contribution >= 4 is 34.0 Å². The van der Waals surface area contributed by atoms with Crippen LogP contribution in [0.5, 0.6) is 0 Å². The number of esters is 1. The molecule has 10 heteroatoms. The second-order valence-electron chi connectivity index (χ2n) is 6.00. The lowest BCUT2D eigenvalue weighted by atomic mass is 10.1. The van der Waals surface area contributed by atoms with Gasteiger partial charge in [0.05, 0.1) is 10.3 Å². The summed E-state index contributed by atoms with van der Waals surface area (Å²) >= 11 is 1.47. The number of rotatable bonds is 6. The number of aromatic nitrogens is 3. The number of carbonyl (C=O) groups excluding carboxylic acids is 2. The van der Waals surface area contributed by atoms with Gasteiger partial charge in [-0.3, -0.25) is 14.4 Å². The third kappa shape index (κ3) is 3.78. The number of fused-ring (bicyclic) bond motifs is 1. The molecule has 0 bridgehead atoms. The van der Waals surface area contributed by atoms with Gasteiger partial charge in [0.1, 0.15) is 25.1 Å². The monoisotopic (exact) mass is 410 g/mol. The summed E-state index contributed by atoms with van der Waals surface area (Å²) in [6.45, 7) is -0.599. The Balaban J connectivity index is 1.50. The van der Waals surface area contributed by atoms with Crippen LogP contribution >= 0.6 is 11.3 Å². The van der Waals surface area contributed by atoms with Crippen molar-refractivity contribution in [2.75, 3.05) is 0 Å². The minimum atomic E-state index is -0.799. The topological polar surface area (TPSA) is 130 Å². The number of nitrogens with zero attached hydrogens (tertiary/aromatic N) is 3. The van der Waals surface area contributed by atoms with Crippen LogP contribution in [0.25, 0.3) is 21.5 Å². The summed E-state index contributed by atoms with van der Waals surface area (Å²) in [5.41, 5.74) is 5.17. The molecule has 0 fully saturated rings. The fourth-order valence-corrected chi connectivity index (χ4v) is 3.39. The summed E-state index contributed by atoms with van der Waals surface area (Å²) in [5.74, 6) is -1.08. The van der Waals surface area contributed by atoms with Crippen LogP contribution in [-0.2, 0) is 22.7 Å². The molecule has 146 valence electrons. The van der Waals surface area contributed by atoms with Gasteiger partial charge < -0.3 is 14.9 Å². The Labute approximate surface area is 167 Å². The first-order valence-electron chi connectivity index (χ1n) is 8.46. The molecule has 1 amide bonds. The maximum atomic E-state index is 12.6. The molecule has 1 aromatic carbocycles. The second-order valence-corrected chi connectivity index (χ2v) is 6.95. The SMILES string of the molecule is NC(=O)c1nn(CC(=O)OCc2coc(-c3cccs3)n2)c(=O)c2ccccc12. The van der Waals surface area contributed by atoms with E-state index >= 15 is 0 Å². The van der Waals surface area contributed by atoms with Gasteiger partial charge in [0.15, 0.2) is 5.69 Å². The van der Waals surface area contributed by atoms with Gasteiger partial charge in [-0.05, 0) is 17.5 Å². The van der Waals surface area contributed by atoms with Crippen molar-refractivity contribution in [2.45, 2.75) is 13.2 Å². The van der Waals surface area contributed by atoms with Crippen molar-refractivity contribution in [3.8, 4) is 10.8 Å². The Hall–Kier alpha value is -3.79. The van der Waals surface area contributed by atoms with Crippen LogP contribution in [0.3, 0.4) is 0 Å². The van der Waals surface area contributed by atoms with Crippen molar-refractivity contribution in [3.63, 3.8) is 0 Å². The number of benzene rings is 1. The lowest BCUT2D eigenvalue weighted by Crippen LogP contribution is -2.31. The molecule has 3 aromatic heterocycles. The lowest BCUT2D eigenvalue weighted by Gasteiger charge is -2.09. The van der Waals surface area contributed by atoms with E-state index in [0.717, 1.165) is 9.56 Å². The molecule has 0 atom stereocenters. The lowest BCUT2D eigenvalue weighted by molar-refractivity contribution is -0.146. The van der Waals surface area contributed by atoms with E-state index in [1.807, 2.05) is 17.5 Å². The van der Waals surface area contributed by atoms with E-state index in [0.29, 0.717) is 17.0 Å². The second kappa shape index (κ2) is 7.68. The molecule has 0 aliphatic carbocycles. The van der Waals surface area contributed by atoms with Crippen molar-refractivity contribution in [2.24, 2.45) is 5.73 Å². The van der Waals surface area contributed by atoms with E-state index in [2.05, 4.69) is 10.1 Å². The van der Waals surface area contributed by atoms with Crippen LogP contribution in [-0.4, -0.2) is 26.6 Å². The number of ether oxygens (including phenoxy) is 1. The molecule has 0 saturated heterocycles. The van der Waals surface area contributed by atoms with Crippen molar-refractivity contribution in [1.82, 2.24) is 14.8 Å². The highest BCUT2D eigenvalue weighted by Crippen LogP contribution is 2.23. The molecule has 0 radical (unpaired) electrons. The number of primary amides is 1. The van der Waals surface area contributed by atoms with E-state index in [-0.39, 0.29) is 17.7 Å². The molecular formula is C19H14N4O5S. The Bertz CT molecular complexity index is 1260. The van der Waals surface area contributed by atoms with E-state index in [9.17, 15) is 14.4 Å². The van der Waals surface area contributed by atoms with E-state index in [4.69, 9.17) is 14.9 Å². The van der Waals surface area contributed by atoms with Gasteiger partial charge in [0, 0.05) is 5.39 Å². The molecule has 29 heavy (non-hydrogen) atoms. The molecule has 0 aliphatic rings. The van der Waals surface area contributed by atoms with Gasteiger partial charge in [-0.2, -0.15) is 5.10 Å². The fourth-order valence-electron chi connectivity index (χ4n) is 2.73. The van der Waals surface area contributed by atoms with E-state index in [1.165, 1.54) is 23.7 Å². The zero-order valence-electron chi connectivity index (χ0n) is 14.9. The molecular weight excluding hydrogens is 396 g/mol. The Morgan fingerprint density at radius 3 is 2.69 bits per heavy atom. The third-order valence-corrected chi connectivity index (χ3v) is 4.90. The molecule has 3 heterocycles. The highest BCUT2D eigenvalue weighted by molar-refractivity contribution is 7.13. The average molecular weight is 410 g/mol. The molecule has 4 rings (SSSR count). The predicted molar refractivity (Wildman–Crippen MR) is 104 cm³/mol. The molecule has 0 spiro atoms. The maximum Gasteiger partial charge on any atom is 0.328 e. The number of hydrogen-bond acceptors (Lipinski definition) is 8. The largest absolute Gasteiger partial charge is 0.458 e. The Morgan fingerprint density at radius 2 is 1.97 bits per heavy atom. The van der Waals surface area contributed by atoms with Gasteiger partial charge in [0.25, 0.3) is 11.5 Å². The highest BCUT2D eigenvalue weighted by atomic mass is 32.1. The standard InChI is InChI=1S/C19H14N4O5S/c20-17(25)16-12-4-1-2-5-13(12)19(26)23(22-16)8-15(24)27-9-11-10-28-18(21-11)14-6-3-7-29-14/h1-7,10H,8-9H2,(H2,20,25). The minimum absolute atomic E-state index is 0.0925.